The standard InChI is InChI=1S/C22H32N4O2/c1-14(2)10-26-20-7-5-4-6-18(20)24-22(26)13-25-11-16-8-19(23-15(3)27)21(28)9-17(16)12-25/h4-7,14,16-17,19,21,28H,8-13H2,1-3H3,(H,23,27)/t16-,17+,19-,21-/m1/s1. The summed E-state index contributed by atoms with van der Waals surface area (Å²) < 4.78 is 2.37. The number of nitrogens with zero attached hydrogens (tertiary/aromatic N) is 3. The number of rotatable bonds is 5. The first-order chi connectivity index (χ1) is 13.4. The lowest BCUT2D eigenvalue weighted by molar-refractivity contribution is -0.121. The number of hydrogen-bond donors (Lipinski definition) is 2. The van der Waals surface area contributed by atoms with Crippen LogP contribution in [0.3, 0.4) is 0 Å². The second-order valence-electron chi connectivity index (χ2n) is 9.08. The van der Waals surface area contributed by atoms with Gasteiger partial charge in [0, 0.05) is 26.6 Å². The van der Waals surface area contributed by atoms with E-state index in [-0.39, 0.29) is 11.9 Å². The van der Waals surface area contributed by atoms with E-state index in [0.717, 1.165) is 50.4 Å². The molecule has 2 heterocycles. The molecule has 1 aromatic carbocycles. The molecule has 0 unspecified atom stereocenters. The molecule has 152 valence electrons. The van der Waals surface area contributed by atoms with Crippen LogP contribution in [-0.4, -0.2) is 50.7 Å². The number of nitrogens with one attached hydrogen (secondary N) is 1. The minimum Gasteiger partial charge on any atom is -0.391 e. The number of likely N-dealkylation sites (tertiary alicyclic amines) is 1. The van der Waals surface area contributed by atoms with Crippen molar-refractivity contribution in [2.75, 3.05) is 13.1 Å². The number of benzene rings is 1. The molecule has 1 saturated heterocycles. The Kier molecular flexibility index (Phi) is 5.43. The molecule has 1 amide bonds. The summed E-state index contributed by atoms with van der Waals surface area (Å²) >= 11 is 0. The summed E-state index contributed by atoms with van der Waals surface area (Å²) in [5.41, 5.74) is 2.28. The van der Waals surface area contributed by atoms with E-state index < -0.39 is 6.10 Å². The van der Waals surface area contributed by atoms with Gasteiger partial charge >= 0.3 is 0 Å². The van der Waals surface area contributed by atoms with Gasteiger partial charge in [-0.2, -0.15) is 0 Å². The molecule has 4 rings (SSSR count). The van der Waals surface area contributed by atoms with Crippen LogP contribution < -0.4 is 5.32 Å². The van der Waals surface area contributed by atoms with Crippen molar-refractivity contribution >= 4 is 16.9 Å². The van der Waals surface area contributed by atoms with Crippen LogP contribution in [0.15, 0.2) is 24.3 Å². The van der Waals surface area contributed by atoms with Crippen molar-refractivity contribution < 1.29 is 9.90 Å². The van der Waals surface area contributed by atoms with E-state index in [0.29, 0.717) is 17.8 Å². The molecule has 2 N–H and O–H groups in total. The highest BCUT2D eigenvalue weighted by atomic mass is 16.3. The van der Waals surface area contributed by atoms with Gasteiger partial charge in [-0.05, 0) is 42.7 Å². The molecule has 28 heavy (non-hydrogen) atoms. The third kappa shape index (κ3) is 3.94. The zero-order chi connectivity index (χ0) is 19.8. The molecular formula is C22H32N4O2. The predicted octanol–water partition coefficient (Wildman–Crippen LogP) is 2.40. The molecule has 2 aromatic rings. The maximum Gasteiger partial charge on any atom is 0.217 e. The van der Waals surface area contributed by atoms with E-state index >= 15 is 0 Å². The molecule has 0 spiro atoms. The normalized spacial score (nSPS) is 28.0. The maximum absolute atomic E-state index is 11.4. The lowest BCUT2D eigenvalue weighted by Gasteiger charge is -2.35. The first kappa shape index (κ1) is 19.4. The Morgan fingerprint density at radius 1 is 1.25 bits per heavy atom. The minimum atomic E-state index is -0.435. The van der Waals surface area contributed by atoms with Crippen LogP contribution in [0, 0.1) is 17.8 Å². The number of aliphatic hydroxyl groups excluding tert-OH is 1. The number of carbonyl (C=O) groups excluding carboxylic acids is 1. The van der Waals surface area contributed by atoms with Crippen molar-refractivity contribution in [3.05, 3.63) is 30.1 Å². The first-order valence-electron chi connectivity index (χ1n) is 10.5. The molecule has 2 aliphatic rings. The molecule has 4 atom stereocenters. The molecule has 6 heteroatoms. The number of aromatic nitrogens is 2. The van der Waals surface area contributed by atoms with Crippen LogP contribution in [0.4, 0.5) is 0 Å². The molecule has 0 bridgehead atoms. The maximum atomic E-state index is 11.4. The Bertz CT molecular complexity index is 846. The molecule has 1 saturated carbocycles. The summed E-state index contributed by atoms with van der Waals surface area (Å²) in [6.45, 7) is 9.84. The number of aliphatic hydroxyl groups is 1. The monoisotopic (exact) mass is 384 g/mol. The van der Waals surface area contributed by atoms with Crippen molar-refractivity contribution in [3.8, 4) is 0 Å². The van der Waals surface area contributed by atoms with Crippen LogP contribution in [-0.2, 0) is 17.9 Å². The number of hydrogen-bond acceptors (Lipinski definition) is 4. The van der Waals surface area contributed by atoms with Crippen molar-refractivity contribution in [1.29, 1.82) is 0 Å². The average Bonchev–Trinajstić information content (AvgIpc) is 3.15. The first-order valence-corrected chi connectivity index (χ1v) is 10.5. The predicted molar refractivity (Wildman–Crippen MR) is 110 cm³/mol. The Hall–Kier alpha value is -1.92. The number of imidazole rings is 1. The highest BCUT2D eigenvalue weighted by Crippen LogP contribution is 2.37. The van der Waals surface area contributed by atoms with E-state index in [1.54, 1.807) is 0 Å². The van der Waals surface area contributed by atoms with Crippen molar-refractivity contribution in [2.24, 2.45) is 17.8 Å². The van der Waals surface area contributed by atoms with Gasteiger partial charge in [0.2, 0.25) is 5.91 Å². The lowest BCUT2D eigenvalue weighted by atomic mass is 9.77. The Labute approximate surface area is 166 Å². The van der Waals surface area contributed by atoms with E-state index in [2.05, 4.69) is 46.8 Å². The highest BCUT2D eigenvalue weighted by Gasteiger charge is 2.42. The van der Waals surface area contributed by atoms with Gasteiger partial charge in [-0.1, -0.05) is 26.0 Å². The highest BCUT2D eigenvalue weighted by molar-refractivity contribution is 5.76. The summed E-state index contributed by atoms with van der Waals surface area (Å²) in [6, 6.07) is 8.27. The van der Waals surface area contributed by atoms with Gasteiger partial charge in [-0.25, -0.2) is 4.98 Å². The van der Waals surface area contributed by atoms with Crippen LogP contribution in [0.1, 0.15) is 39.4 Å². The van der Waals surface area contributed by atoms with Gasteiger partial charge in [0.15, 0.2) is 0 Å². The van der Waals surface area contributed by atoms with Gasteiger partial charge in [0.25, 0.3) is 0 Å². The fourth-order valence-corrected chi connectivity index (χ4v) is 5.09. The summed E-state index contributed by atoms with van der Waals surface area (Å²) in [5, 5.41) is 13.4. The van der Waals surface area contributed by atoms with Crippen molar-refractivity contribution in [2.45, 2.75) is 58.8 Å². The summed E-state index contributed by atoms with van der Waals surface area (Å²) in [6.07, 6.45) is 1.20. The minimum absolute atomic E-state index is 0.0558. The van der Waals surface area contributed by atoms with Crippen molar-refractivity contribution in [3.63, 3.8) is 0 Å². The molecule has 0 radical (unpaired) electrons. The largest absolute Gasteiger partial charge is 0.391 e. The average molecular weight is 385 g/mol. The number of amides is 1. The van der Waals surface area contributed by atoms with Gasteiger partial charge in [0.05, 0.1) is 29.7 Å². The zero-order valence-electron chi connectivity index (χ0n) is 17.1. The second kappa shape index (κ2) is 7.84. The van der Waals surface area contributed by atoms with Crippen LogP contribution in [0.2, 0.25) is 0 Å². The second-order valence-corrected chi connectivity index (χ2v) is 9.08. The molecule has 2 fully saturated rings. The fraction of sp³-hybridized carbons (Fsp3) is 0.636. The lowest BCUT2D eigenvalue weighted by Crippen LogP contribution is -2.48. The Morgan fingerprint density at radius 3 is 2.68 bits per heavy atom. The number of para-hydroxylation sites is 2. The van der Waals surface area contributed by atoms with Gasteiger partial charge in [-0.15, -0.1) is 0 Å². The van der Waals surface area contributed by atoms with Gasteiger partial charge in [-0.3, -0.25) is 9.69 Å². The third-order valence-electron chi connectivity index (χ3n) is 6.25. The summed E-state index contributed by atoms with van der Waals surface area (Å²) in [5.74, 6) is 2.67. The summed E-state index contributed by atoms with van der Waals surface area (Å²) in [7, 11) is 0. The van der Waals surface area contributed by atoms with E-state index in [1.165, 1.54) is 12.4 Å². The Morgan fingerprint density at radius 2 is 1.96 bits per heavy atom. The van der Waals surface area contributed by atoms with Crippen LogP contribution in [0.25, 0.3) is 11.0 Å². The molecular weight excluding hydrogens is 352 g/mol. The Balaban J connectivity index is 1.49. The SMILES string of the molecule is CC(=O)N[C@@H]1C[C@@H]2CN(Cc3nc4ccccc4n3CC(C)C)C[C@@H]2C[C@H]1O. The van der Waals surface area contributed by atoms with E-state index in [1.807, 2.05) is 6.07 Å². The van der Waals surface area contributed by atoms with Gasteiger partial charge in [0.1, 0.15) is 5.82 Å². The molecule has 1 aliphatic heterocycles. The topological polar surface area (TPSA) is 70.4 Å². The zero-order valence-corrected chi connectivity index (χ0v) is 17.1. The third-order valence-corrected chi connectivity index (χ3v) is 6.25. The quantitative estimate of drug-likeness (QED) is 0.831. The number of carbonyl (C=O) groups is 1. The molecule has 6 nitrogen and oxygen atoms in total. The van der Waals surface area contributed by atoms with E-state index in [9.17, 15) is 9.90 Å². The smallest absolute Gasteiger partial charge is 0.217 e. The fourth-order valence-electron chi connectivity index (χ4n) is 5.09. The van der Waals surface area contributed by atoms with Gasteiger partial charge < -0.3 is 15.0 Å². The molecule has 1 aliphatic carbocycles. The van der Waals surface area contributed by atoms with Crippen LogP contribution in [0.5, 0.6) is 0 Å². The van der Waals surface area contributed by atoms with Crippen LogP contribution >= 0.6 is 0 Å². The molecule has 1 aromatic heterocycles. The summed E-state index contributed by atoms with van der Waals surface area (Å²) in [4.78, 5) is 18.8. The van der Waals surface area contributed by atoms with E-state index in [4.69, 9.17) is 4.98 Å². The number of fused-ring (bicyclic) bond motifs is 2. The van der Waals surface area contributed by atoms with Crippen molar-refractivity contribution in [1.82, 2.24) is 19.8 Å².